The van der Waals surface area contributed by atoms with E-state index in [-0.39, 0.29) is 11.1 Å². The molecule has 0 aliphatic carbocycles. The Morgan fingerprint density at radius 1 is 1.29 bits per heavy atom. The minimum absolute atomic E-state index is 0.0405. The van der Waals surface area contributed by atoms with Crippen LogP contribution in [0.2, 0.25) is 0 Å². The lowest BCUT2D eigenvalue weighted by molar-refractivity contribution is 0.141. The van der Waals surface area contributed by atoms with E-state index in [9.17, 15) is 4.79 Å². The molecule has 0 radical (unpaired) electrons. The third-order valence-corrected chi connectivity index (χ3v) is 4.45. The fourth-order valence-corrected chi connectivity index (χ4v) is 3.28. The molecule has 2 rings (SSSR count). The number of hydrogen-bond donors (Lipinski definition) is 0. The van der Waals surface area contributed by atoms with Gasteiger partial charge in [0.05, 0.1) is 4.53 Å². The average Bonchev–Trinajstić information content (AvgIpc) is 2.90. The lowest BCUT2D eigenvalue weighted by Crippen LogP contribution is -2.32. The SMILES string of the molecule is CCOCCCn1c(=C(C#N)C#N)s/c(=C\c2ccccc2)c1=O. The Kier molecular flexibility index (Phi) is 6.51. The number of aromatic nitrogens is 1. The van der Waals surface area contributed by atoms with E-state index < -0.39 is 0 Å². The maximum Gasteiger partial charge on any atom is 0.269 e. The summed E-state index contributed by atoms with van der Waals surface area (Å²) in [5.41, 5.74) is 0.680. The van der Waals surface area contributed by atoms with Gasteiger partial charge >= 0.3 is 0 Å². The molecule has 1 aromatic heterocycles. The quantitative estimate of drug-likeness (QED) is 0.745. The first-order chi connectivity index (χ1) is 11.7. The van der Waals surface area contributed by atoms with Gasteiger partial charge < -0.3 is 4.74 Å². The summed E-state index contributed by atoms with van der Waals surface area (Å²) in [4.78, 5) is 12.7. The number of nitrogens with zero attached hydrogens (tertiary/aromatic N) is 3. The summed E-state index contributed by atoms with van der Waals surface area (Å²) in [6.45, 7) is 3.48. The minimum Gasteiger partial charge on any atom is -0.382 e. The van der Waals surface area contributed by atoms with Crippen molar-refractivity contribution in [3.63, 3.8) is 0 Å². The molecule has 0 saturated heterocycles. The van der Waals surface area contributed by atoms with Crippen molar-refractivity contribution in [2.24, 2.45) is 0 Å². The van der Waals surface area contributed by atoms with E-state index in [0.717, 1.165) is 5.56 Å². The summed E-state index contributed by atoms with van der Waals surface area (Å²) >= 11 is 1.17. The first-order valence-electron chi connectivity index (χ1n) is 7.60. The highest BCUT2D eigenvalue weighted by atomic mass is 32.1. The molecule has 5 nitrogen and oxygen atoms in total. The molecule has 1 aromatic carbocycles. The van der Waals surface area contributed by atoms with Crippen LogP contribution < -0.4 is 14.8 Å². The zero-order valence-electron chi connectivity index (χ0n) is 13.4. The van der Waals surface area contributed by atoms with Gasteiger partial charge in [-0.2, -0.15) is 10.5 Å². The molecular weight excluding hydrogens is 322 g/mol. The van der Waals surface area contributed by atoms with Crippen molar-refractivity contribution in [3.8, 4) is 12.1 Å². The van der Waals surface area contributed by atoms with Gasteiger partial charge in [0.1, 0.15) is 16.8 Å². The number of ether oxygens (including phenoxy) is 1. The molecule has 122 valence electrons. The molecule has 1 heterocycles. The van der Waals surface area contributed by atoms with Gasteiger partial charge in [0.2, 0.25) is 0 Å². The summed E-state index contributed by atoms with van der Waals surface area (Å²) in [6.07, 6.45) is 2.42. The fourth-order valence-electron chi connectivity index (χ4n) is 2.20. The topological polar surface area (TPSA) is 78.8 Å². The number of hydrogen-bond acceptors (Lipinski definition) is 5. The van der Waals surface area contributed by atoms with Crippen molar-refractivity contribution in [2.45, 2.75) is 19.9 Å². The number of nitriles is 2. The van der Waals surface area contributed by atoms with Crippen LogP contribution >= 0.6 is 11.3 Å². The van der Waals surface area contributed by atoms with Crippen molar-refractivity contribution in [1.82, 2.24) is 4.57 Å². The summed E-state index contributed by atoms with van der Waals surface area (Å²) < 4.78 is 7.71. The van der Waals surface area contributed by atoms with E-state index in [1.807, 2.05) is 49.4 Å². The van der Waals surface area contributed by atoms with Crippen molar-refractivity contribution < 1.29 is 4.74 Å². The fraction of sp³-hybridized carbons (Fsp3) is 0.278. The molecule has 0 aliphatic heterocycles. The van der Waals surface area contributed by atoms with Crippen molar-refractivity contribution in [1.29, 1.82) is 10.5 Å². The Balaban J connectivity index is 2.55. The summed E-state index contributed by atoms with van der Waals surface area (Å²) in [6, 6.07) is 13.2. The van der Waals surface area contributed by atoms with E-state index >= 15 is 0 Å². The van der Waals surface area contributed by atoms with Crippen LogP contribution in [0.5, 0.6) is 0 Å². The molecular formula is C18H17N3O2S. The van der Waals surface area contributed by atoms with E-state index in [0.29, 0.717) is 35.4 Å². The molecule has 0 spiro atoms. The van der Waals surface area contributed by atoms with Crippen LogP contribution in [0.15, 0.2) is 35.1 Å². The predicted molar refractivity (Wildman–Crippen MR) is 93.6 cm³/mol. The smallest absolute Gasteiger partial charge is 0.269 e. The average molecular weight is 339 g/mol. The van der Waals surface area contributed by atoms with Gasteiger partial charge in [-0.3, -0.25) is 9.36 Å². The molecule has 24 heavy (non-hydrogen) atoms. The Bertz CT molecular complexity index is 927. The van der Waals surface area contributed by atoms with E-state index in [4.69, 9.17) is 15.3 Å². The van der Waals surface area contributed by atoms with Gasteiger partial charge in [-0.1, -0.05) is 30.3 Å². The van der Waals surface area contributed by atoms with Gasteiger partial charge in [-0.15, -0.1) is 11.3 Å². The summed E-state index contributed by atoms with van der Waals surface area (Å²) in [5.74, 6) is 0. The second-order valence-electron chi connectivity index (χ2n) is 4.93. The highest BCUT2D eigenvalue weighted by Gasteiger charge is 2.09. The second kappa shape index (κ2) is 8.83. The van der Waals surface area contributed by atoms with Gasteiger partial charge in [0.15, 0.2) is 5.57 Å². The molecule has 0 bridgehead atoms. The third kappa shape index (κ3) is 4.20. The molecule has 0 amide bonds. The summed E-state index contributed by atoms with van der Waals surface area (Å²) in [5, 5.41) is 18.3. The normalized spacial score (nSPS) is 11.0. The zero-order chi connectivity index (χ0) is 17.4. The Labute approximate surface area is 144 Å². The highest BCUT2D eigenvalue weighted by molar-refractivity contribution is 7.07. The largest absolute Gasteiger partial charge is 0.382 e. The first kappa shape index (κ1) is 17.7. The summed E-state index contributed by atoms with van der Waals surface area (Å²) in [7, 11) is 0. The van der Waals surface area contributed by atoms with Crippen LogP contribution in [0.3, 0.4) is 0 Å². The van der Waals surface area contributed by atoms with Crippen LogP contribution in [0.1, 0.15) is 18.9 Å². The van der Waals surface area contributed by atoms with Crippen LogP contribution in [-0.2, 0) is 11.3 Å². The monoisotopic (exact) mass is 339 g/mol. The molecule has 0 N–H and O–H groups in total. The van der Waals surface area contributed by atoms with Gasteiger partial charge in [0.25, 0.3) is 5.56 Å². The van der Waals surface area contributed by atoms with E-state index in [1.165, 1.54) is 15.9 Å². The highest BCUT2D eigenvalue weighted by Crippen LogP contribution is 1.99. The lowest BCUT2D eigenvalue weighted by atomic mass is 10.2. The van der Waals surface area contributed by atoms with E-state index in [1.54, 1.807) is 6.08 Å². The maximum absolute atomic E-state index is 12.7. The molecule has 0 aliphatic rings. The molecule has 0 fully saturated rings. The van der Waals surface area contributed by atoms with Crippen LogP contribution in [0, 0.1) is 22.7 Å². The van der Waals surface area contributed by atoms with Crippen molar-refractivity contribution in [2.75, 3.05) is 13.2 Å². The second-order valence-corrected chi connectivity index (χ2v) is 5.96. The van der Waals surface area contributed by atoms with Crippen molar-refractivity contribution in [3.05, 3.63) is 55.4 Å². The number of benzene rings is 1. The molecule has 0 atom stereocenters. The van der Waals surface area contributed by atoms with Crippen molar-refractivity contribution >= 4 is 23.0 Å². The Morgan fingerprint density at radius 2 is 2.00 bits per heavy atom. The van der Waals surface area contributed by atoms with E-state index in [2.05, 4.69) is 0 Å². The van der Waals surface area contributed by atoms with Crippen LogP contribution in [0.25, 0.3) is 11.6 Å². The molecule has 0 saturated carbocycles. The number of rotatable bonds is 6. The number of thiazole rings is 1. The molecule has 6 heteroatoms. The first-order valence-corrected chi connectivity index (χ1v) is 8.41. The zero-order valence-corrected chi connectivity index (χ0v) is 14.2. The molecule has 0 unspecified atom stereocenters. The van der Waals surface area contributed by atoms with Crippen LogP contribution in [0.4, 0.5) is 0 Å². The van der Waals surface area contributed by atoms with Gasteiger partial charge in [-0.05, 0) is 25.0 Å². The lowest BCUT2D eigenvalue weighted by Gasteiger charge is -2.02. The minimum atomic E-state index is -0.182. The van der Waals surface area contributed by atoms with Crippen LogP contribution in [-0.4, -0.2) is 17.8 Å². The van der Waals surface area contributed by atoms with Gasteiger partial charge in [0, 0.05) is 19.8 Å². The molecule has 2 aromatic rings. The third-order valence-electron chi connectivity index (χ3n) is 3.32. The van der Waals surface area contributed by atoms with Gasteiger partial charge in [-0.25, -0.2) is 0 Å². The Morgan fingerprint density at radius 3 is 2.62 bits per heavy atom. The predicted octanol–water partition coefficient (Wildman–Crippen LogP) is 1.36. The Hall–Kier alpha value is -2.67. The maximum atomic E-state index is 12.7. The standard InChI is InChI=1S/C18H17N3O2S/c1-2-23-10-6-9-21-17(22)16(11-14-7-4-3-5-8-14)24-18(21)15(12-19)13-20/h3-5,7-8,11H,2,6,9-10H2,1H3/b16-11-.